The third-order valence-electron chi connectivity index (χ3n) is 4.09. The highest BCUT2D eigenvalue weighted by Gasteiger charge is 2.29. The number of carbonyl (C=O) groups is 1. The zero-order chi connectivity index (χ0) is 16.2. The molecule has 3 rings (SSSR count). The molecule has 2 aromatic carbocycles. The SMILES string of the molecule is COc1cccc(C(=O)N2CCNCC2c2ccccc2Cl)c1.Cl. The number of piperazine rings is 1. The number of amides is 1. The molecule has 0 aliphatic carbocycles. The maximum absolute atomic E-state index is 13.0. The van der Waals surface area contributed by atoms with Crippen molar-refractivity contribution in [3.63, 3.8) is 0 Å². The van der Waals surface area contributed by atoms with Gasteiger partial charge in [0.25, 0.3) is 5.91 Å². The van der Waals surface area contributed by atoms with Crippen molar-refractivity contribution in [3.8, 4) is 5.75 Å². The number of methoxy groups -OCH3 is 1. The lowest BCUT2D eigenvalue weighted by Gasteiger charge is -2.37. The third kappa shape index (κ3) is 3.83. The Kier molecular flexibility index (Phi) is 6.49. The maximum atomic E-state index is 13.0. The number of carbonyl (C=O) groups excluding carboxylic acids is 1. The van der Waals surface area contributed by atoms with E-state index in [4.69, 9.17) is 16.3 Å². The number of rotatable bonds is 3. The van der Waals surface area contributed by atoms with Gasteiger partial charge in [0.1, 0.15) is 5.75 Å². The quantitative estimate of drug-likeness (QED) is 0.902. The number of ether oxygens (including phenoxy) is 1. The van der Waals surface area contributed by atoms with Gasteiger partial charge < -0.3 is 15.0 Å². The molecular weight excluding hydrogens is 347 g/mol. The molecule has 1 fully saturated rings. The fourth-order valence-corrected chi connectivity index (χ4v) is 3.15. The summed E-state index contributed by atoms with van der Waals surface area (Å²) in [6.07, 6.45) is 0. The smallest absolute Gasteiger partial charge is 0.254 e. The predicted octanol–water partition coefficient (Wildman–Crippen LogP) is 3.56. The van der Waals surface area contributed by atoms with Gasteiger partial charge in [0.2, 0.25) is 0 Å². The molecule has 6 heteroatoms. The lowest BCUT2D eigenvalue weighted by molar-refractivity contribution is 0.0634. The molecule has 1 amide bonds. The van der Waals surface area contributed by atoms with Crippen molar-refractivity contribution in [2.24, 2.45) is 0 Å². The summed E-state index contributed by atoms with van der Waals surface area (Å²) in [6, 6.07) is 14.9. The molecule has 1 aliphatic heterocycles. The molecular formula is C18H20Cl2N2O2. The Hall–Kier alpha value is -1.75. The highest BCUT2D eigenvalue weighted by molar-refractivity contribution is 6.31. The first-order valence-corrected chi connectivity index (χ1v) is 7.98. The first-order chi connectivity index (χ1) is 11.2. The fraction of sp³-hybridized carbons (Fsp3) is 0.278. The van der Waals surface area contributed by atoms with E-state index in [2.05, 4.69) is 5.32 Å². The predicted molar refractivity (Wildman–Crippen MR) is 98.3 cm³/mol. The summed E-state index contributed by atoms with van der Waals surface area (Å²) in [7, 11) is 1.60. The minimum atomic E-state index is -0.0730. The van der Waals surface area contributed by atoms with Crippen LogP contribution in [0.2, 0.25) is 5.02 Å². The van der Waals surface area contributed by atoms with Gasteiger partial charge in [0.05, 0.1) is 13.2 Å². The van der Waals surface area contributed by atoms with Crippen LogP contribution in [0.25, 0.3) is 0 Å². The van der Waals surface area contributed by atoms with E-state index >= 15 is 0 Å². The van der Waals surface area contributed by atoms with Gasteiger partial charge in [-0.3, -0.25) is 4.79 Å². The van der Waals surface area contributed by atoms with Crippen LogP contribution in [0.3, 0.4) is 0 Å². The maximum Gasteiger partial charge on any atom is 0.254 e. The minimum absolute atomic E-state index is 0. The van der Waals surface area contributed by atoms with Crippen LogP contribution in [0.15, 0.2) is 48.5 Å². The molecule has 128 valence electrons. The Bertz CT molecular complexity index is 709. The highest BCUT2D eigenvalue weighted by atomic mass is 35.5. The normalized spacial score (nSPS) is 17.1. The van der Waals surface area contributed by atoms with Crippen molar-refractivity contribution in [2.75, 3.05) is 26.7 Å². The van der Waals surface area contributed by atoms with E-state index in [1.807, 2.05) is 47.4 Å². The van der Waals surface area contributed by atoms with E-state index in [1.54, 1.807) is 13.2 Å². The van der Waals surface area contributed by atoms with Crippen LogP contribution in [-0.2, 0) is 0 Å². The topological polar surface area (TPSA) is 41.6 Å². The van der Waals surface area contributed by atoms with E-state index in [0.29, 0.717) is 29.4 Å². The summed E-state index contributed by atoms with van der Waals surface area (Å²) < 4.78 is 5.22. The summed E-state index contributed by atoms with van der Waals surface area (Å²) >= 11 is 6.34. The van der Waals surface area contributed by atoms with Crippen molar-refractivity contribution in [3.05, 3.63) is 64.7 Å². The molecule has 1 aliphatic rings. The zero-order valence-electron chi connectivity index (χ0n) is 13.4. The first-order valence-electron chi connectivity index (χ1n) is 7.61. The lowest BCUT2D eigenvalue weighted by Crippen LogP contribution is -2.48. The lowest BCUT2D eigenvalue weighted by atomic mass is 10.0. The van der Waals surface area contributed by atoms with E-state index < -0.39 is 0 Å². The summed E-state index contributed by atoms with van der Waals surface area (Å²) in [4.78, 5) is 14.8. The van der Waals surface area contributed by atoms with Gasteiger partial charge in [-0.1, -0.05) is 35.9 Å². The molecule has 2 aromatic rings. The van der Waals surface area contributed by atoms with Crippen LogP contribution < -0.4 is 10.1 Å². The monoisotopic (exact) mass is 366 g/mol. The second-order valence-corrected chi connectivity index (χ2v) is 5.88. The molecule has 1 saturated heterocycles. The van der Waals surface area contributed by atoms with Gasteiger partial charge in [-0.05, 0) is 29.8 Å². The second kappa shape index (κ2) is 8.38. The molecule has 24 heavy (non-hydrogen) atoms. The van der Waals surface area contributed by atoms with Crippen LogP contribution in [0, 0.1) is 0 Å². The average molecular weight is 367 g/mol. The number of nitrogens with zero attached hydrogens (tertiary/aromatic N) is 1. The number of benzene rings is 2. The van der Waals surface area contributed by atoms with Crippen molar-refractivity contribution in [1.29, 1.82) is 0 Å². The van der Waals surface area contributed by atoms with Crippen LogP contribution in [0.5, 0.6) is 5.75 Å². The van der Waals surface area contributed by atoms with Crippen LogP contribution >= 0.6 is 24.0 Å². The van der Waals surface area contributed by atoms with Crippen LogP contribution in [-0.4, -0.2) is 37.6 Å². The molecule has 0 saturated carbocycles. The third-order valence-corrected chi connectivity index (χ3v) is 4.43. The van der Waals surface area contributed by atoms with Gasteiger partial charge in [-0.25, -0.2) is 0 Å². The van der Waals surface area contributed by atoms with Crippen molar-refractivity contribution in [1.82, 2.24) is 10.2 Å². The zero-order valence-corrected chi connectivity index (χ0v) is 14.9. The van der Waals surface area contributed by atoms with Gasteiger partial charge in [0.15, 0.2) is 0 Å². The second-order valence-electron chi connectivity index (χ2n) is 5.47. The first kappa shape index (κ1) is 18.6. The fourth-order valence-electron chi connectivity index (χ4n) is 2.89. The largest absolute Gasteiger partial charge is 0.497 e. The van der Waals surface area contributed by atoms with Gasteiger partial charge in [0, 0.05) is 30.2 Å². The molecule has 0 bridgehead atoms. The summed E-state index contributed by atoms with van der Waals surface area (Å²) in [5, 5.41) is 4.03. The number of hydrogen-bond donors (Lipinski definition) is 1. The van der Waals surface area contributed by atoms with Gasteiger partial charge in [-0.15, -0.1) is 12.4 Å². The highest BCUT2D eigenvalue weighted by Crippen LogP contribution is 2.30. The molecule has 1 unspecified atom stereocenters. The van der Waals surface area contributed by atoms with Gasteiger partial charge >= 0.3 is 0 Å². The number of nitrogens with one attached hydrogen (secondary N) is 1. The Balaban J connectivity index is 0.00000208. The molecule has 1 N–H and O–H groups in total. The Morgan fingerprint density at radius 2 is 2.04 bits per heavy atom. The van der Waals surface area contributed by atoms with Crippen LogP contribution in [0.4, 0.5) is 0 Å². The molecule has 0 radical (unpaired) electrons. The van der Waals surface area contributed by atoms with E-state index in [9.17, 15) is 4.79 Å². The van der Waals surface area contributed by atoms with Gasteiger partial charge in [-0.2, -0.15) is 0 Å². The summed E-state index contributed by atoms with van der Waals surface area (Å²) in [5.74, 6) is 0.676. The van der Waals surface area contributed by atoms with Crippen molar-refractivity contribution in [2.45, 2.75) is 6.04 Å². The Morgan fingerprint density at radius 1 is 1.25 bits per heavy atom. The van der Waals surface area contributed by atoms with Crippen molar-refractivity contribution < 1.29 is 9.53 Å². The van der Waals surface area contributed by atoms with Crippen molar-refractivity contribution >= 4 is 29.9 Å². The number of halogens is 2. The average Bonchev–Trinajstić information content (AvgIpc) is 2.61. The van der Waals surface area contributed by atoms with Crippen LogP contribution in [0.1, 0.15) is 22.0 Å². The Labute approximate surface area is 153 Å². The Morgan fingerprint density at radius 3 is 2.79 bits per heavy atom. The van der Waals surface area contributed by atoms with E-state index in [-0.39, 0.29) is 24.4 Å². The molecule has 0 aromatic heterocycles. The standard InChI is InChI=1S/C18H19ClN2O2.ClH/c1-23-14-6-4-5-13(11-14)18(22)21-10-9-20-12-17(21)15-7-2-3-8-16(15)19;/h2-8,11,17,20H,9-10,12H2,1H3;1H. The van der Waals surface area contributed by atoms with E-state index in [0.717, 1.165) is 12.1 Å². The molecule has 4 nitrogen and oxygen atoms in total. The summed E-state index contributed by atoms with van der Waals surface area (Å²) in [6.45, 7) is 2.11. The number of hydrogen-bond acceptors (Lipinski definition) is 3. The molecule has 1 atom stereocenters. The molecule has 1 heterocycles. The summed E-state index contributed by atoms with van der Waals surface area (Å²) in [5.41, 5.74) is 1.60. The molecule has 0 spiro atoms. The van der Waals surface area contributed by atoms with E-state index in [1.165, 1.54) is 0 Å². The minimum Gasteiger partial charge on any atom is -0.497 e.